The van der Waals surface area contributed by atoms with Crippen LogP contribution in [0.25, 0.3) is 0 Å². The highest BCUT2D eigenvalue weighted by molar-refractivity contribution is 6.27. The van der Waals surface area contributed by atoms with Gasteiger partial charge in [0.1, 0.15) is 5.75 Å². The zero-order chi connectivity index (χ0) is 21.2. The second-order valence-electron chi connectivity index (χ2n) is 7.17. The van der Waals surface area contributed by atoms with Gasteiger partial charge >= 0.3 is 11.9 Å². The maximum absolute atomic E-state index is 12.2. The molecule has 1 atom stereocenters. The number of piperidine rings is 1. The van der Waals surface area contributed by atoms with Gasteiger partial charge in [-0.05, 0) is 44.8 Å². The van der Waals surface area contributed by atoms with Crippen molar-refractivity contribution < 1.29 is 34.4 Å². The Morgan fingerprint density at radius 1 is 1.07 bits per heavy atom. The van der Waals surface area contributed by atoms with E-state index >= 15 is 0 Å². The molecule has 0 aromatic heterocycles. The third-order valence-electron chi connectivity index (χ3n) is 5.05. The number of ether oxygens (including phenoxy) is 1. The quantitative estimate of drug-likeness (QED) is 0.531. The molecule has 2 saturated heterocycles. The van der Waals surface area contributed by atoms with Gasteiger partial charge in [-0.25, -0.2) is 9.59 Å². The smallest absolute Gasteiger partial charge is 0.414 e. The van der Waals surface area contributed by atoms with Crippen LogP contribution >= 0.6 is 0 Å². The minimum atomic E-state index is -1.82. The van der Waals surface area contributed by atoms with E-state index in [1.807, 2.05) is 18.2 Å². The van der Waals surface area contributed by atoms with Crippen LogP contribution in [0.4, 0.5) is 0 Å². The highest BCUT2D eigenvalue weighted by Crippen LogP contribution is 2.23. The van der Waals surface area contributed by atoms with Crippen LogP contribution in [0.15, 0.2) is 24.3 Å². The van der Waals surface area contributed by atoms with Gasteiger partial charge < -0.3 is 25.4 Å². The van der Waals surface area contributed by atoms with Gasteiger partial charge in [-0.1, -0.05) is 18.2 Å². The zero-order valence-corrected chi connectivity index (χ0v) is 16.2. The minimum absolute atomic E-state index is 0.108. The van der Waals surface area contributed by atoms with E-state index in [0.29, 0.717) is 12.3 Å². The van der Waals surface area contributed by atoms with Gasteiger partial charge in [-0.15, -0.1) is 0 Å². The van der Waals surface area contributed by atoms with Crippen LogP contribution in [-0.4, -0.2) is 70.4 Å². The summed E-state index contributed by atoms with van der Waals surface area (Å²) in [5.41, 5.74) is 0.953. The van der Waals surface area contributed by atoms with Crippen LogP contribution in [-0.2, 0) is 25.7 Å². The first-order chi connectivity index (χ1) is 13.9. The van der Waals surface area contributed by atoms with E-state index in [-0.39, 0.29) is 17.9 Å². The van der Waals surface area contributed by atoms with Gasteiger partial charge in [0.05, 0.1) is 6.10 Å². The number of likely N-dealkylation sites (tertiary alicyclic amines) is 1. The van der Waals surface area contributed by atoms with Gasteiger partial charge in [0.15, 0.2) is 0 Å². The summed E-state index contributed by atoms with van der Waals surface area (Å²) < 4.78 is 5.54. The number of carboxylic acid groups (broad SMARTS) is 2. The van der Waals surface area contributed by atoms with Crippen molar-refractivity contribution in [3.05, 3.63) is 29.8 Å². The van der Waals surface area contributed by atoms with E-state index in [4.69, 9.17) is 24.5 Å². The number of benzene rings is 1. The zero-order valence-electron chi connectivity index (χ0n) is 16.2. The number of nitrogens with one attached hydrogen (secondary N) is 1. The van der Waals surface area contributed by atoms with E-state index in [1.165, 1.54) is 0 Å². The number of rotatable bonds is 5. The summed E-state index contributed by atoms with van der Waals surface area (Å²) in [7, 11) is 0. The first-order valence-corrected chi connectivity index (χ1v) is 9.71. The van der Waals surface area contributed by atoms with Crippen LogP contribution in [0.2, 0.25) is 0 Å². The molecular formula is C20H28N2O7. The molecule has 2 aliphatic heterocycles. The highest BCUT2D eigenvalue weighted by atomic mass is 16.5. The summed E-state index contributed by atoms with van der Waals surface area (Å²) in [5.74, 6) is -3.02. The number of carbonyl (C=O) groups excluding carboxylic acids is 1. The number of carbonyl (C=O) groups is 3. The van der Waals surface area contributed by atoms with Crippen LogP contribution < -0.4 is 5.32 Å². The number of carboxylic acids is 2. The first-order valence-electron chi connectivity index (χ1n) is 9.71. The molecule has 1 amide bonds. The van der Waals surface area contributed by atoms with Crippen molar-refractivity contribution >= 4 is 17.8 Å². The summed E-state index contributed by atoms with van der Waals surface area (Å²) in [4.78, 5) is 32.8. The molecule has 3 rings (SSSR count). The molecule has 1 aromatic rings. The molecule has 9 nitrogen and oxygen atoms in total. The number of hydrogen-bond acceptors (Lipinski definition) is 6. The Labute approximate surface area is 169 Å². The van der Waals surface area contributed by atoms with E-state index in [0.717, 1.165) is 57.5 Å². The lowest BCUT2D eigenvalue weighted by Gasteiger charge is -2.31. The van der Waals surface area contributed by atoms with Crippen LogP contribution in [0.3, 0.4) is 0 Å². The van der Waals surface area contributed by atoms with E-state index in [9.17, 15) is 9.90 Å². The SMILES string of the molecule is O=C(NCC1CCCO1)C1CCN(Cc2ccccc2O)CC1.O=C(O)C(=O)O. The fraction of sp³-hybridized carbons (Fsp3) is 0.550. The fourth-order valence-corrected chi connectivity index (χ4v) is 3.40. The Hall–Kier alpha value is -2.65. The van der Waals surface area contributed by atoms with E-state index in [2.05, 4.69) is 10.2 Å². The minimum Gasteiger partial charge on any atom is -0.508 e. The molecule has 9 heteroatoms. The van der Waals surface area contributed by atoms with Crippen LogP contribution in [0.1, 0.15) is 31.2 Å². The molecule has 0 bridgehead atoms. The molecule has 4 N–H and O–H groups in total. The molecule has 0 radical (unpaired) electrons. The van der Waals surface area contributed by atoms with Crippen molar-refractivity contribution in [1.29, 1.82) is 0 Å². The molecule has 29 heavy (non-hydrogen) atoms. The summed E-state index contributed by atoms with van der Waals surface area (Å²) in [6.45, 7) is 4.01. The summed E-state index contributed by atoms with van der Waals surface area (Å²) in [5, 5.41) is 27.7. The molecule has 0 saturated carbocycles. The van der Waals surface area contributed by atoms with Crippen molar-refractivity contribution in [1.82, 2.24) is 10.2 Å². The standard InChI is InChI=1S/C18H26N2O3.C2H2O4/c21-17-6-2-1-4-15(17)13-20-9-7-14(8-10-20)18(22)19-12-16-5-3-11-23-16;3-1(4)2(5)6/h1-2,4,6,14,16,21H,3,5,7-13H2,(H,19,22);(H,3,4)(H,5,6). The average Bonchev–Trinajstić information content (AvgIpc) is 3.22. The van der Waals surface area contributed by atoms with Crippen LogP contribution in [0, 0.1) is 5.92 Å². The van der Waals surface area contributed by atoms with Gasteiger partial charge in [-0.3, -0.25) is 9.69 Å². The van der Waals surface area contributed by atoms with E-state index in [1.54, 1.807) is 6.07 Å². The largest absolute Gasteiger partial charge is 0.508 e. The van der Waals surface area contributed by atoms with E-state index < -0.39 is 11.9 Å². The Bertz CT molecular complexity index is 684. The highest BCUT2D eigenvalue weighted by Gasteiger charge is 2.26. The molecule has 2 heterocycles. The Morgan fingerprint density at radius 2 is 1.72 bits per heavy atom. The first kappa shape index (κ1) is 22.6. The Kier molecular flexibility index (Phi) is 8.88. The lowest BCUT2D eigenvalue weighted by molar-refractivity contribution is -0.159. The summed E-state index contributed by atoms with van der Waals surface area (Å²) in [6.07, 6.45) is 4.13. The second-order valence-corrected chi connectivity index (χ2v) is 7.17. The Morgan fingerprint density at radius 3 is 2.28 bits per heavy atom. The number of nitrogens with zero attached hydrogens (tertiary/aromatic N) is 1. The maximum atomic E-state index is 12.2. The third-order valence-corrected chi connectivity index (χ3v) is 5.05. The number of amides is 1. The van der Waals surface area contributed by atoms with Gasteiger partial charge in [0, 0.05) is 31.2 Å². The molecule has 1 unspecified atom stereocenters. The number of para-hydroxylation sites is 1. The Balaban J connectivity index is 0.000000438. The number of aliphatic carboxylic acids is 2. The van der Waals surface area contributed by atoms with Crippen molar-refractivity contribution in [3.63, 3.8) is 0 Å². The monoisotopic (exact) mass is 408 g/mol. The molecule has 2 fully saturated rings. The van der Waals surface area contributed by atoms with Crippen molar-refractivity contribution in [2.24, 2.45) is 5.92 Å². The van der Waals surface area contributed by atoms with Crippen molar-refractivity contribution in [2.75, 3.05) is 26.2 Å². The van der Waals surface area contributed by atoms with Crippen molar-refractivity contribution in [2.45, 2.75) is 38.3 Å². The molecule has 1 aromatic carbocycles. The topological polar surface area (TPSA) is 136 Å². The lowest BCUT2D eigenvalue weighted by atomic mass is 9.95. The normalized spacial score (nSPS) is 19.8. The van der Waals surface area contributed by atoms with Gasteiger partial charge in [0.25, 0.3) is 0 Å². The van der Waals surface area contributed by atoms with Gasteiger partial charge in [-0.2, -0.15) is 0 Å². The van der Waals surface area contributed by atoms with Gasteiger partial charge in [0.2, 0.25) is 5.91 Å². The number of phenols is 1. The number of hydrogen-bond donors (Lipinski definition) is 4. The summed E-state index contributed by atoms with van der Waals surface area (Å²) >= 11 is 0. The fourth-order valence-electron chi connectivity index (χ4n) is 3.40. The predicted octanol–water partition coefficient (Wildman–Crippen LogP) is 1.05. The number of phenolic OH excluding ortho intramolecular Hbond substituents is 1. The maximum Gasteiger partial charge on any atom is 0.414 e. The predicted molar refractivity (Wildman–Crippen MR) is 103 cm³/mol. The second kappa shape index (κ2) is 11.4. The van der Waals surface area contributed by atoms with Crippen LogP contribution in [0.5, 0.6) is 5.75 Å². The summed E-state index contributed by atoms with van der Waals surface area (Å²) in [6, 6.07) is 7.46. The third kappa shape index (κ3) is 7.71. The molecule has 0 aliphatic carbocycles. The molecule has 160 valence electrons. The molecule has 2 aliphatic rings. The number of aromatic hydroxyl groups is 1. The average molecular weight is 408 g/mol. The molecule has 0 spiro atoms. The van der Waals surface area contributed by atoms with Crippen molar-refractivity contribution in [3.8, 4) is 5.75 Å². The lowest BCUT2D eigenvalue weighted by Crippen LogP contribution is -2.42. The molecular weight excluding hydrogens is 380 g/mol.